The maximum Gasteiger partial charge on any atom is 0.472 e. The maximum atomic E-state index is 13.1. The molecule has 0 aromatic heterocycles. The van der Waals surface area contributed by atoms with Crippen molar-refractivity contribution < 1.29 is 80.2 Å². The molecule has 17 nitrogen and oxygen atoms in total. The van der Waals surface area contributed by atoms with Crippen LogP contribution < -0.4 is 0 Å². The molecule has 610 valence electrons. The van der Waals surface area contributed by atoms with Crippen molar-refractivity contribution in [3.8, 4) is 0 Å². The van der Waals surface area contributed by atoms with Gasteiger partial charge in [-0.25, -0.2) is 9.13 Å². The van der Waals surface area contributed by atoms with E-state index in [-0.39, 0.29) is 25.7 Å². The zero-order valence-corrected chi connectivity index (χ0v) is 68.8. The van der Waals surface area contributed by atoms with Crippen LogP contribution in [0.2, 0.25) is 0 Å². The third-order valence-electron chi connectivity index (χ3n) is 18.8. The van der Waals surface area contributed by atoms with Crippen molar-refractivity contribution in [1.29, 1.82) is 0 Å². The first-order valence-electron chi connectivity index (χ1n) is 42.9. The molecule has 4 atom stereocenters. The van der Waals surface area contributed by atoms with Gasteiger partial charge in [-0.1, -0.05) is 346 Å². The van der Waals surface area contributed by atoms with E-state index in [4.69, 9.17) is 37.0 Å². The zero-order chi connectivity index (χ0) is 76.0. The Bertz CT molecular complexity index is 2010. The van der Waals surface area contributed by atoms with Gasteiger partial charge in [0.25, 0.3) is 0 Å². The van der Waals surface area contributed by atoms with E-state index in [1.807, 2.05) is 0 Å². The fourth-order valence-corrected chi connectivity index (χ4v) is 13.8. The number of ether oxygens (including phenoxy) is 4. The normalized spacial score (nSPS) is 14.0. The Morgan fingerprint density at radius 2 is 0.471 bits per heavy atom. The molecule has 0 heterocycles. The molecule has 104 heavy (non-hydrogen) atoms. The van der Waals surface area contributed by atoms with Crippen molar-refractivity contribution in [2.45, 2.75) is 431 Å². The second-order valence-electron chi connectivity index (χ2n) is 29.1. The second kappa shape index (κ2) is 78.2. The number of allylic oxidation sites excluding steroid dienone is 8. The summed E-state index contributed by atoms with van der Waals surface area (Å²) in [4.78, 5) is 73.2. The number of hydrogen-bond acceptors (Lipinski definition) is 15. The Kier molecular flexibility index (Phi) is 75.9. The van der Waals surface area contributed by atoms with Crippen molar-refractivity contribution in [3.63, 3.8) is 0 Å². The number of carbonyl (C=O) groups is 4. The van der Waals surface area contributed by atoms with Crippen molar-refractivity contribution in [2.75, 3.05) is 39.6 Å². The van der Waals surface area contributed by atoms with Gasteiger partial charge in [-0.2, -0.15) is 0 Å². The summed E-state index contributed by atoms with van der Waals surface area (Å²) in [6, 6.07) is 0. The van der Waals surface area contributed by atoms with E-state index in [1.54, 1.807) is 0 Å². The topological polar surface area (TPSA) is 237 Å². The van der Waals surface area contributed by atoms with E-state index in [2.05, 4.69) is 76.3 Å². The third kappa shape index (κ3) is 77.2. The number of carbonyl (C=O) groups excluding carboxylic acids is 4. The third-order valence-corrected chi connectivity index (χ3v) is 20.7. The van der Waals surface area contributed by atoms with Crippen LogP contribution in [0.1, 0.15) is 413 Å². The van der Waals surface area contributed by atoms with Crippen molar-refractivity contribution in [1.82, 2.24) is 0 Å². The summed E-state index contributed by atoms with van der Waals surface area (Å²) in [5, 5.41) is 10.7. The fraction of sp³-hybridized carbons (Fsp3) is 0.859. The SMILES string of the molecule is CCCCC/C=C\C/C=C\CCCCCCCC(=O)OC[C@H](COP(=O)(O)OCC(O)COP(=O)(O)OC[C@@H](COC(=O)CCCCCCC/C=C\C/C=C\CCCCC)OC(=O)CCCCCCCCCCCCCCCCCCC)OC(=O)CCCCCCCCCCCCCCCCCCC. The number of esters is 4. The minimum atomic E-state index is -4.97. The lowest BCUT2D eigenvalue weighted by molar-refractivity contribution is -0.161. The summed E-state index contributed by atoms with van der Waals surface area (Å²) in [6.45, 7) is 4.92. The van der Waals surface area contributed by atoms with Crippen LogP contribution in [-0.2, 0) is 65.4 Å². The highest BCUT2D eigenvalue weighted by Gasteiger charge is 2.30. The largest absolute Gasteiger partial charge is 0.472 e. The van der Waals surface area contributed by atoms with E-state index < -0.39 is 97.5 Å². The quantitative estimate of drug-likeness (QED) is 0.0169. The molecule has 0 aliphatic rings. The van der Waals surface area contributed by atoms with Crippen molar-refractivity contribution >= 4 is 39.5 Å². The van der Waals surface area contributed by atoms with Gasteiger partial charge in [0.2, 0.25) is 0 Å². The number of phosphoric ester groups is 2. The van der Waals surface area contributed by atoms with Gasteiger partial charge in [0.1, 0.15) is 19.3 Å². The lowest BCUT2D eigenvalue weighted by Crippen LogP contribution is -2.30. The Morgan fingerprint density at radius 3 is 0.731 bits per heavy atom. The monoisotopic (exact) mass is 1510 g/mol. The highest BCUT2D eigenvalue weighted by atomic mass is 31.2. The van der Waals surface area contributed by atoms with Crippen LogP contribution >= 0.6 is 15.6 Å². The van der Waals surface area contributed by atoms with Gasteiger partial charge < -0.3 is 33.8 Å². The van der Waals surface area contributed by atoms with E-state index in [0.717, 1.165) is 141 Å². The summed E-state index contributed by atoms with van der Waals surface area (Å²) in [5.41, 5.74) is 0. The average Bonchev–Trinajstić information content (AvgIpc) is 1.44. The summed E-state index contributed by atoms with van der Waals surface area (Å²) in [7, 11) is -9.95. The van der Waals surface area contributed by atoms with E-state index in [9.17, 15) is 43.2 Å². The van der Waals surface area contributed by atoms with Gasteiger partial charge >= 0.3 is 39.5 Å². The fourth-order valence-electron chi connectivity index (χ4n) is 12.2. The van der Waals surface area contributed by atoms with Crippen molar-refractivity contribution in [3.05, 3.63) is 48.6 Å². The zero-order valence-electron chi connectivity index (χ0n) is 67.0. The minimum absolute atomic E-state index is 0.100. The number of rotatable bonds is 82. The van der Waals surface area contributed by atoms with E-state index >= 15 is 0 Å². The molecule has 19 heteroatoms. The van der Waals surface area contributed by atoms with Gasteiger partial charge in [0, 0.05) is 25.7 Å². The molecule has 0 aliphatic heterocycles. The molecule has 0 saturated heterocycles. The first-order valence-corrected chi connectivity index (χ1v) is 45.9. The molecule has 0 bridgehead atoms. The molecule has 3 N–H and O–H groups in total. The summed E-state index contributed by atoms with van der Waals surface area (Å²) < 4.78 is 68.8. The van der Waals surface area contributed by atoms with Crippen LogP contribution in [0.4, 0.5) is 0 Å². The van der Waals surface area contributed by atoms with Gasteiger partial charge in [-0.3, -0.25) is 37.3 Å². The number of aliphatic hydroxyl groups is 1. The minimum Gasteiger partial charge on any atom is -0.462 e. The van der Waals surface area contributed by atoms with Crippen LogP contribution in [0.5, 0.6) is 0 Å². The molecule has 0 rings (SSSR count). The summed E-state index contributed by atoms with van der Waals surface area (Å²) >= 11 is 0. The maximum absolute atomic E-state index is 13.1. The van der Waals surface area contributed by atoms with Crippen LogP contribution in [0, 0.1) is 0 Å². The van der Waals surface area contributed by atoms with E-state index in [1.165, 1.54) is 193 Å². The molecule has 0 aliphatic carbocycles. The predicted molar refractivity (Wildman–Crippen MR) is 427 cm³/mol. The lowest BCUT2D eigenvalue weighted by atomic mass is 10.0. The standard InChI is InChI=1S/C85H158O17P2/c1-5-9-13-17-21-25-29-33-37-39-43-47-51-55-59-63-67-71-84(89)101-80(75-95-82(87)69-65-61-57-53-49-45-41-35-31-27-23-19-15-11-7-3)77-99-103(91,92)97-73-79(86)74-98-104(93,94)100-78-81(76-96-83(88)70-66-62-58-54-50-46-42-36-32-28-24-20-16-12-8-4)102-85(90)72-68-64-60-56-52-48-44-40-38-34-30-26-22-18-14-10-6-2/h23-24,27-28,35-36,41-42,79-81,86H,5-22,25-26,29-34,37-40,43-78H2,1-4H3,(H,91,92)(H,93,94)/b27-23-,28-24-,41-35-,42-36-/t80-,81-/m1/s1. The Labute approximate surface area is 636 Å². The number of unbranched alkanes of at least 4 members (excludes halogenated alkanes) is 48. The number of phosphoric acid groups is 2. The predicted octanol–water partition coefficient (Wildman–Crippen LogP) is 25.2. The van der Waals surface area contributed by atoms with Crippen LogP contribution in [0.15, 0.2) is 48.6 Å². The van der Waals surface area contributed by atoms with E-state index in [0.29, 0.717) is 25.7 Å². The molecule has 0 saturated carbocycles. The van der Waals surface area contributed by atoms with Gasteiger partial charge in [0.15, 0.2) is 12.2 Å². The average molecular weight is 1510 g/mol. The van der Waals surface area contributed by atoms with Crippen molar-refractivity contribution in [2.24, 2.45) is 0 Å². The van der Waals surface area contributed by atoms with Crippen LogP contribution in [0.25, 0.3) is 0 Å². The summed E-state index contributed by atoms with van der Waals surface area (Å²) in [5.74, 6) is -2.16. The van der Waals surface area contributed by atoms with Gasteiger partial charge in [-0.15, -0.1) is 0 Å². The smallest absolute Gasteiger partial charge is 0.462 e. The number of aliphatic hydroxyl groups excluding tert-OH is 1. The molecule has 0 amide bonds. The summed E-state index contributed by atoms with van der Waals surface area (Å²) in [6.07, 6.45) is 77.8. The first-order chi connectivity index (χ1) is 50.7. The molecule has 0 aromatic rings. The molecule has 0 spiro atoms. The van der Waals surface area contributed by atoms with Crippen LogP contribution in [0.3, 0.4) is 0 Å². The molecule has 2 unspecified atom stereocenters. The highest BCUT2D eigenvalue weighted by molar-refractivity contribution is 7.47. The molecular weight excluding hydrogens is 1350 g/mol. The molecule has 0 aromatic carbocycles. The second-order valence-corrected chi connectivity index (χ2v) is 32.0. The lowest BCUT2D eigenvalue weighted by Gasteiger charge is -2.21. The Balaban J connectivity index is 5.33. The highest BCUT2D eigenvalue weighted by Crippen LogP contribution is 2.45. The Morgan fingerprint density at radius 1 is 0.269 bits per heavy atom. The number of hydrogen-bond donors (Lipinski definition) is 3. The molecular formula is C85H158O17P2. The van der Waals surface area contributed by atoms with Gasteiger partial charge in [-0.05, 0) is 89.9 Å². The Hall–Kier alpha value is -2.98. The van der Waals surface area contributed by atoms with Gasteiger partial charge in [0.05, 0.1) is 26.4 Å². The molecule has 0 radical (unpaired) electrons. The molecule has 0 fully saturated rings. The first kappa shape index (κ1) is 101. The van der Waals surface area contributed by atoms with Crippen LogP contribution in [-0.4, -0.2) is 96.7 Å².